The molecule has 2 rings (SSSR count). The van der Waals surface area contributed by atoms with Crippen LogP contribution in [0.2, 0.25) is 10.0 Å². The summed E-state index contributed by atoms with van der Waals surface area (Å²) in [6.45, 7) is 6.66. The second kappa shape index (κ2) is 8.04. The lowest BCUT2D eigenvalue weighted by Crippen LogP contribution is -2.44. The molecule has 1 aliphatic heterocycles. The van der Waals surface area contributed by atoms with Crippen LogP contribution < -0.4 is 10.1 Å². The van der Waals surface area contributed by atoms with Crippen molar-refractivity contribution in [2.24, 2.45) is 0 Å². The predicted molar refractivity (Wildman–Crippen MR) is 89.8 cm³/mol. The number of ether oxygens (including phenoxy) is 1. The number of hydrogen-bond donors (Lipinski definition) is 1. The Morgan fingerprint density at radius 3 is 2.95 bits per heavy atom. The van der Waals surface area contributed by atoms with E-state index in [9.17, 15) is 4.79 Å². The van der Waals surface area contributed by atoms with Gasteiger partial charge in [-0.3, -0.25) is 9.69 Å². The third-order valence-electron chi connectivity index (χ3n) is 3.98. The van der Waals surface area contributed by atoms with E-state index in [1.165, 1.54) is 6.42 Å². The normalized spacial score (nSPS) is 19.9. The first-order valence-corrected chi connectivity index (χ1v) is 8.40. The zero-order valence-electron chi connectivity index (χ0n) is 12.9. The number of likely N-dealkylation sites (N-methyl/N-ethyl adjacent to an activating group) is 1. The molecule has 2 atom stereocenters. The average molecular weight is 345 g/mol. The number of halogens is 2. The largest absolute Gasteiger partial charge is 0.479 e. The molecule has 0 radical (unpaired) electrons. The molecule has 0 bridgehead atoms. The molecule has 1 saturated heterocycles. The number of amides is 1. The van der Waals surface area contributed by atoms with Crippen LogP contribution in [0.1, 0.15) is 26.7 Å². The Bertz CT molecular complexity index is 525. The fourth-order valence-electron chi connectivity index (χ4n) is 2.72. The van der Waals surface area contributed by atoms with Gasteiger partial charge >= 0.3 is 0 Å². The van der Waals surface area contributed by atoms with Gasteiger partial charge in [0.1, 0.15) is 5.75 Å². The number of carbonyl (C=O) groups excluding carboxylic acids is 1. The summed E-state index contributed by atoms with van der Waals surface area (Å²) in [4.78, 5) is 14.5. The van der Waals surface area contributed by atoms with Gasteiger partial charge in [0.05, 0.1) is 5.02 Å². The maximum Gasteiger partial charge on any atom is 0.260 e. The molecule has 6 heteroatoms. The molecule has 22 heavy (non-hydrogen) atoms. The first-order valence-electron chi connectivity index (χ1n) is 7.64. The molecule has 1 aromatic carbocycles. The van der Waals surface area contributed by atoms with E-state index in [4.69, 9.17) is 27.9 Å². The van der Waals surface area contributed by atoms with Crippen LogP contribution in [-0.4, -0.2) is 42.6 Å². The third kappa shape index (κ3) is 4.51. The molecular formula is C16H22Cl2N2O2. The quantitative estimate of drug-likeness (QED) is 0.860. The number of carbonyl (C=O) groups is 1. The van der Waals surface area contributed by atoms with Gasteiger partial charge < -0.3 is 10.1 Å². The van der Waals surface area contributed by atoms with Crippen molar-refractivity contribution in [2.75, 3.05) is 19.6 Å². The number of likely N-dealkylation sites (tertiary alicyclic amines) is 1. The molecule has 1 aromatic rings. The minimum atomic E-state index is -0.602. The van der Waals surface area contributed by atoms with Crippen LogP contribution in [0.25, 0.3) is 0 Å². The molecule has 0 aliphatic carbocycles. The van der Waals surface area contributed by atoms with E-state index in [-0.39, 0.29) is 5.91 Å². The van der Waals surface area contributed by atoms with E-state index in [2.05, 4.69) is 17.1 Å². The summed E-state index contributed by atoms with van der Waals surface area (Å²) in [5.74, 6) is 0.332. The van der Waals surface area contributed by atoms with Crippen molar-refractivity contribution >= 4 is 29.1 Å². The molecule has 4 nitrogen and oxygen atoms in total. The summed E-state index contributed by atoms with van der Waals surface area (Å²) in [6, 6.07) is 5.39. The van der Waals surface area contributed by atoms with Crippen molar-refractivity contribution in [3.05, 3.63) is 28.2 Å². The van der Waals surface area contributed by atoms with E-state index in [0.717, 1.165) is 19.5 Å². The lowest BCUT2D eigenvalue weighted by molar-refractivity contribution is -0.127. The van der Waals surface area contributed by atoms with Crippen molar-refractivity contribution in [1.29, 1.82) is 0 Å². The van der Waals surface area contributed by atoms with Gasteiger partial charge in [-0.25, -0.2) is 0 Å². The van der Waals surface area contributed by atoms with Crippen LogP contribution in [0.15, 0.2) is 18.2 Å². The Balaban J connectivity index is 1.84. The van der Waals surface area contributed by atoms with Crippen LogP contribution in [0.5, 0.6) is 5.75 Å². The number of benzene rings is 1. The molecule has 0 unspecified atom stereocenters. The predicted octanol–water partition coefficient (Wildman–Crippen LogP) is 3.36. The van der Waals surface area contributed by atoms with E-state index in [1.54, 1.807) is 25.1 Å². The second-order valence-corrected chi connectivity index (χ2v) is 6.35. The number of rotatable bonds is 6. The second-order valence-electron chi connectivity index (χ2n) is 5.50. The van der Waals surface area contributed by atoms with Crippen molar-refractivity contribution in [1.82, 2.24) is 10.2 Å². The SMILES string of the molecule is CCN1CCC[C@H]1CNC(=O)[C@@H](C)Oc1ccc(Cl)cc1Cl. The van der Waals surface area contributed by atoms with Gasteiger partial charge in [0.2, 0.25) is 0 Å². The zero-order chi connectivity index (χ0) is 16.1. The minimum Gasteiger partial charge on any atom is -0.479 e. The fraction of sp³-hybridized carbons (Fsp3) is 0.562. The number of hydrogen-bond acceptors (Lipinski definition) is 3. The minimum absolute atomic E-state index is 0.131. The maximum absolute atomic E-state index is 12.2. The van der Waals surface area contributed by atoms with Gasteiger partial charge in [-0.05, 0) is 51.1 Å². The average Bonchev–Trinajstić information content (AvgIpc) is 2.95. The topological polar surface area (TPSA) is 41.6 Å². The Labute approximate surface area is 141 Å². The monoisotopic (exact) mass is 344 g/mol. The van der Waals surface area contributed by atoms with Crippen LogP contribution in [0, 0.1) is 0 Å². The highest BCUT2D eigenvalue weighted by molar-refractivity contribution is 6.35. The first kappa shape index (κ1) is 17.4. The smallest absolute Gasteiger partial charge is 0.260 e. The van der Waals surface area contributed by atoms with Gasteiger partial charge in [0.15, 0.2) is 6.10 Å². The van der Waals surface area contributed by atoms with Gasteiger partial charge in [0.25, 0.3) is 5.91 Å². The summed E-state index contributed by atoms with van der Waals surface area (Å²) in [6.07, 6.45) is 1.72. The van der Waals surface area contributed by atoms with E-state index >= 15 is 0 Å². The van der Waals surface area contributed by atoms with E-state index < -0.39 is 6.10 Å². The number of nitrogens with zero attached hydrogens (tertiary/aromatic N) is 1. The molecule has 122 valence electrons. The van der Waals surface area contributed by atoms with Crippen LogP contribution >= 0.6 is 23.2 Å². The van der Waals surface area contributed by atoms with Gasteiger partial charge in [-0.1, -0.05) is 30.1 Å². The highest BCUT2D eigenvalue weighted by Crippen LogP contribution is 2.28. The molecule has 1 fully saturated rings. The summed E-state index contributed by atoms with van der Waals surface area (Å²) in [5.41, 5.74) is 0. The van der Waals surface area contributed by atoms with Gasteiger partial charge in [-0.2, -0.15) is 0 Å². The molecule has 0 aromatic heterocycles. The van der Waals surface area contributed by atoms with E-state index in [0.29, 0.717) is 28.4 Å². The van der Waals surface area contributed by atoms with Crippen molar-refractivity contribution in [3.63, 3.8) is 0 Å². The maximum atomic E-state index is 12.2. The number of nitrogens with one attached hydrogen (secondary N) is 1. The zero-order valence-corrected chi connectivity index (χ0v) is 14.5. The molecule has 1 N–H and O–H groups in total. The Morgan fingerprint density at radius 2 is 2.27 bits per heavy atom. The Kier molecular flexibility index (Phi) is 6.36. The van der Waals surface area contributed by atoms with Crippen LogP contribution in [0.3, 0.4) is 0 Å². The van der Waals surface area contributed by atoms with Crippen molar-refractivity contribution < 1.29 is 9.53 Å². The summed E-state index contributed by atoms with van der Waals surface area (Å²) >= 11 is 11.9. The Hall–Kier alpha value is -0.970. The van der Waals surface area contributed by atoms with Gasteiger partial charge in [0, 0.05) is 17.6 Å². The lowest BCUT2D eigenvalue weighted by Gasteiger charge is -2.24. The standard InChI is InChI=1S/C16H22Cl2N2O2/c1-3-20-8-4-5-13(20)10-19-16(21)11(2)22-15-7-6-12(17)9-14(15)18/h6-7,9,11,13H,3-5,8,10H2,1-2H3,(H,19,21)/t11-,13+/m1/s1. The third-order valence-corrected chi connectivity index (χ3v) is 4.51. The van der Waals surface area contributed by atoms with Crippen molar-refractivity contribution in [3.8, 4) is 5.75 Å². The lowest BCUT2D eigenvalue weighted by atomic mass is 10.2. The molecule has 1 amide bonds. The molecule has 0 spiro atoms. The fourth-order valence-corrected chi connectivity index (χ4v) is 3.17. The van der Waals surface area contributed by atoms with Gasteiger partial charge in [-0.15, -0.1) is 0 Å². The summed E-state index contributed by atoms with van der Waals surface area (Å²) in [7, 11) is 0. The highest BCUT2D eigenvalue weighted by Gasteiger charge is 2.24. The van der Waals surface area contributed by atoms with Crippen molar-refractivity contribution in [2.45, 2.75) is 38.8 Å². The molecule has 0 saturated carbocycles. The molecule has 1 aliphatic rings. The summed E-state index contributed by atoms with van der Waals surface area (Å²) in [5, 5.41) is 3.91. The highest BCUT2D eigenvalue weighted by atomic mass is 35.5. The molecule has 1 heterocycles. The van der Waals surface area contributed by atoms with Crippen LogP contribution in [0.4, 0.5) is 0 Å². The molecular weight excluding hydrogens is 323 g/mol. The first-order chi connectivity index (χ1) is 10.5. The summed E-state index contributed by atoms with van der Waals surface area (Å²) < 4.78 is 5.61. The Morgan fingerprint density at radius 1 is 1.50 bits per heavy atom. The van der Waals surface area contributed by atoms with Crippen LogP contribution in [-0.2, 0) is 4.79 Å². The van der Waals surface area contributed by atoms with E-state index in [1.807, 2.05) is 0 Å².